The zero-order valence-electron chi connectivity index (χ0n) is 9.18. The summed E-state index contributed by atoms with van der Waals surface area (Å²) in [5.41, 5.74) is 6.09. The Morgan fingerprint density at radius 3 is 2.93 bits per heavy atom. The molecule has 1 aromatic heterocycles. The number of nitrogens with zero attached hydrogens (tertiary/aromatic N) is 4. The average Bonchev–Trinajstić information content (AvgIpc) is 2.66. The smallest absolute Gasteiger partial charge is 0.244 e. The van der Waals surface area contributed by atoms with Crippen molar-refractivity contribution >= 4 is 5.91 Å². The predicted molar refractivity (Wildman–Crippen MR) is 55.8 cm³/mol. The standard InChI is InChI=1S/C9H17N5O/c1-3-4-13(2)9(15)7-14-6-8(5-10)11-12-14/h6H,3-5,7,10H2,1-2H3. The minimum atomic E-state index is 0.0327. The van der Waals surface area contributed by atoms with Gasteiger partial charge in [-0.1, -0.05) is 12.1 Å². The molecule has 0 radical (unpaired) electrons. The molecule has 0 spiro atoms. The van der Waals surface area contributed by atoms with Crippen LogP contribution in [0.3, 0.4) is 0 Å². The van der Waals surface area contributed by atoms with Crippen molar-refractivity contribution in [2.24, 2.45) is 5.73 Å². The maximum Gasteiger partial charge on any atom is 0.244 e. The molecule has 6 nitrogen and oxygen atoms in total. The molecule has 0 bridgehead atoms. The number of amides is 1. The van der Waals surface area contributed by atoms with Crippen LogP contribution >= 0.6 is 0 Å². The first-order chi connectivity index (χ1) is 7.17. The largest absolute Gasteiger partial charge is 0.344 e. The van der Waals surface area contributed by atoms with E-state index in [2.05, 4.69) is 10.3 Å². The van der Waals surface area contributed by atoms with Crippen LogP contribution in [-0.4, -0.2) is 39.4 Å². The van der Waals surface area contributed by atoms with Gasteiger partial charge in [-0.2, -0.15) is 0 Å². The summed E-state index contributed by atoms with van der Waals surface area (Å²) in [5, 5.41) is 7.62. The van der Waals surface area contributed by atoms with Crippen LogP contribution in [0.2, 0.25) is 0 Å². The molecule has 6 heteroatoms. The van der Waals surface area contributed by atoms with Gasteiger partial charge in [-0.15, -0.1) is 5.10 Å². The Morgan fingerprint density at radius 1 is 1.67 bits per heavy atom. The first kappa shape index (κ1) is 11.6. The summed E-state index contributed by atoms with van der Waals surface area (Å²) in [6, 6.07) is 0. The minimum absolute atomic E-state index is 0.0327. The van der Waals surface area contributed by atoms with Crippen LogP contribution in [0, 0.1) is 0 Å². The molecule has 0 aliphatic rings. The lowest BCUT2D eigenvalue weighted by atomic mass is 10.4. The number of carbonyl (C=O) groups is 1. The van der Waals surface area contributed by atoms with Crippen LogP contribution in [0.25, 0.3) is 0 Å². The lowest BCUT2D eigenvalue weighted by Gasteiger charge is -2.15. The topological polar surface area (TPSA) is 77.0 Å². The first-order valence-electron chi connectivity index (χ1n) is 5.00. The van der Waals surface area contributed by atoms with Crippen molar-refractivity contribution in [3.05, 3.63) is 11.9 Å². The lowest BCUT2D eigenvalue weighted by Crippen LogP contribution is -2.30. The van der Waals surface area contributed by atoms with Crippen LogP contribution in [0.4, 0.5) is 0 Å². The van der Waals surface area contributed by atoms with E-state index in [1.165, 1.54) is 4.68 Å². The number of nitrogens with two attached hydrogens (primary N) is 1. The number of rotatable bonds is 5. The van der Waals surface area contributed by atoms with Gasteiger partial charge >= 0.3 is 0 Å². The van der Waals surface area contributed by atoms with Crippen LogP contribution in [-0.2, 0) is 17.9 Å². The number of hydrogen-bond donors (Lipinski definition) is 1. The molecule has 0 saturated heterocycles. The minimum Gasteiger partial charge on any atom is -0.344 e. The molecule has 0 fully saturated rings. The van der Waals surface area contributed by atoms with Crippen molar-refractivity contribution in [2.45, 2.75) is 26.4 Å². The molecule has 15 heavy (non-hydrogen) atoms. The Labute approximate surface area is 89.0 Å². The van der Waals surface area contributed by atoms with E-state index in [9.17, 15) is 4.79 Å². The summed E-state index contributed by atoms with van der Waals surface area (Å²) in [7, 11) is 1.78. The van der Waals surface area contributed by atoms with Gasteiger partial charge in [0.1, 0.15) is 6.54 Å². The molecule has 0 saturated carbocycles. The molecular weight excluding hydrogens is 194 g/mol. The van der Waals surface area contributed by atoms with Crippen molar-refractivity contribution < 1.29 is 4.79 Å². The maximum absolute atomic E-state index is 11.6. The zero-order chi connectivity index (χ0) is 11.3. The summed E-state index contributed by atoms with van der Waals surface area (Å²) in [5.74, 6) is 0.0327. The molecule has 1 heterocycles. The summed E-state index contributed by atoms with van der Waals surface area (Å²) < 4.78 is 1.51. The highest BCUT2D eigenvalue weighted by molar-refractivity contribution is 5.75. The normalized spacial score (nSPS) is 10.3. The van der Waals surface area contributed by atoms with Gasteiger partial charge in [0.05, 0.1) is 11.9 Å². The van der Waals surface area contributed by atoms with E-state index in [1.807, 2.05) is 6.92 Å². The van der Waals surface area contributed by atoms with Gasteiger partial charge in [0.2, 0.25) is 5.91 Å². The van der Waals surface area contributed by atoms with E-state index in [4.69, 9.17) is 5.73 Å². The fraction of sp³-hybridized carbons (Fsp3) is 0.667. The van der Waals surface area contributed by atoms with Gasteiger partial charge in [0.25, 0.3) is 0 Å². The fourth-order valence-corrected chi connectivity index (χ4v) is 1.23. The second kappa shape index (κ2) is 5.45. The Kier molecular flexibility index (Phi) is 4.23. The Hall–Kier alpha value is -1.43. The molecule has 1 aromatic rings. The van der Waals surface area contributed by atoms with Gasteiger partial charge in [-0.05, 0) is 6.42 Å². The van der Waals surface area contributed by atoms with E-state index in [-0.39, 0.29) is 12.5 Å². The van der Waals surface area contributed by atoms with Gasteiger partial charge in [0.15, 0.2) is 0 Å². The summed E-state index contributed by atoms with van der Waals surface area (Å²) in [4.78, 5) is 13.3. The maximum atomic E-state index is 11.6. The molecule has 1 rings (SSSR count). The molecular formula is C9H17N5O. The van der Waals surface area contributed by atoms with Crippen molar-refractivity contribution in [2.75, 3.05) is 13.6 Å². The Balaban J connectivity index is 2.50. The Morgan fingerprint density at radius 2 is 2.40 bits per heavy atom. The quantitative estimate of drug-likeness (QED) is 0.719. The second-order valence-corrected chi connectivity index (χ2v) is 3.43. The number of carbonyl (C=O) groups excluding carboxylic acids is 1. The molecule has 84 valence electrons. The lowest BCUT2D eigenvalue weighted by molar-refractivity contribution is -0.130. The predicted octanol–water partition coefficient (Wildman–Crippen LogP) is -0.395. The van der Waals surface area contributed by atoms with Crippen molar-refractivity contribution in [1.29, 1.82) is 0 Å². The third kappa shape index (κ3) is 3.32. The van der Waals surface area contributed by atoms with Crippen molar-refractivity contribution in [3.63, 3.8) is 0 Å². The van der Waals surface area contributed by atoms with E-state index in [1.54, 1.807) is 18.1 Å². The second-order valence-electron chi connectivity index (χ2n) is 3.43. The van der Waals surface area contributed by atoms with E-state index in [0.29, 0.717) is 12.2 Å². The van der Waals surface area contributed by atoms with Crippen LogP contribution < -0.4 is 5.73 Å². The van der Waals surface area contributed by atoms with E-state index >= 15 is 0 Å². The monoisotopic (exact) mass is 211 g/mol. The fourth-order valence-electron chi connectivity index (χ4n) is 1.23. The third-order valence-corrected chi connectivity index (χ3v) is 2.08. The SMILES string of the molecule is CCCN(C)C(=O)Cn1cc(CN)nn1. The van der Waals surface area contributed by atoms with E-state index in [0.717, 1.165) is 13.0 Å². The number of likely N-dealkylation sites (N-methyl/N-ethyl adjacent to an activating group) is 1. The molecule has 0 aliphatic carbocycles. The highest BCUT2D eigenvalue weighted by Gasteiger charge is 2.09. The summed E-state index contributed by atoms with van der Waals surface area (Å²) in [6.45, 7) is 3.37. The van der Waals surface area contributed by atoms with Crippen LogP contribution in [0.5, 0.6) is 0 Å². The molecule has 2 N–H and O–H groups in total. The number of aromatic nitrogens is 3. The Bertz CT molecular complexity index is 322. The molecule has 0 atom stereocenters. The summed E-state index contributed by atoms with van der Waals surface area (Å²) >= 11 is 0. The van der Waals surface area contributed by atoms with Crippen molar-refractivity contribution in [3.8, 4) is 0 Å². The molecule has 0 unspecified atom stereocenters. The van der Waals surface area contributed by atoms with Crippen LogP contribution in [0.1, 0.15) is 19.0 Å². The van der Waals surface area contributed by atoms with Gasteiger partial charge < -0.3 is 10.6 Å². The highest BCUT2D eigenvalue weighted by Crippen LogP contribution is 1.94. The molecule has 0 aromatic carbocycles. The van der Waals surface area contributed by atoms with Crippen molar-refractivity contribution in [1.82, 2.24) is 19.9 Å². The van der Waals surface area contributed by atoms with E-state index < -0.39 is 0 Å². The van der Waals surface area contributed by atoms with Gasteiger partial charge in [-0.3, -0.25) is 4.79 Å². The molecule has 0 aliphatic heterocycles. The first-order valence-corrected chi connectivity index (χ1v) is 5.00. The highest BCUT2D eigenvalue weighted by atomic mass is 16.2. The molecule has 1 amide bonds. The zero-order valence-corrected chi connectivity index (χ0v) is 9.18. The van der Waals surface area contributed by atoms with Gasteiger partial charge in [-0.25, -0.2) is 4.68 Å². The third-order valence-electron chi connectivity index (χ3n) is 2.08. The number of hydrogen-bond acceptors (Lipinski definition) is 4. The summed E-state index contributed by atoms with van der Waals surface area (Å²) in [6.07, 6.45) is 2.64. The average molecular weight is 211 g/mol. The van der Waals surface area contributed by atoms with Gasteiger partial charge in [0, 0.05) is 20.1 Å². The van der Waals surface area contributed by atoms with Crippen LogP contribution in [0.15, 0.2) is 6.20 Å².